The Hall–Kier alpha value is -2.75. The van der Waals surface area contributed by atoms with Crippen LogP contribution in [0, 0.1) is 12.7 Å². The number of hydrogen-bond donors (Lipinski definition) is 0. The van der Waals surface area contributed by atoms with E-state index < -0.39 is 17.9 Å². The standard InChI is InChI=1S/C19H19F4N5O/c1-12-7-16(28-18(26-12)24-11-25-28)14-3-2-6-27(10-14)9-13-4-5-17(15(20)8-13)29-19(21,22)23/h4-5,7-8,11,14H,2-3,6,9-10H2,1H3. The molecule has 0 radical (unpaired) electrons. The number of fused-ring (bicyclic) bond motifs is 1. The predicted octanol–water partition coefficient (Wildman–Crippen LogP) is 3.85. The van der Waals surface area contributed by atoms with E-state index in [9.17, 15) is 17.6 Å². The summed E-state index contributed by atoms with van der Waals surface area (Å²) in [5, 5.41) is 4.26. The Morgan fingerprint density at radius 3 is 2.83 bits per heavy atom. The van der Waals surface area contributed by atoms with Crippen molar-refractivity contribution in [3.8, 4) is 5.75 Å². The number of nitrogens with zero attached hydrogens (tertiary/aromatic N) is 5. The van der Waals surface area contributed by atoms with Crippen molar-refractivity contribution in [2.75, 3.05) is 13.1 Å². The minimum Gasteiger partial charge on any atom is -0.403 e. The number of rotatable bonds is 4. The maximum atomic E-state index is 14.0. The molecule has 1 atom stereocenters. The van der Waals surface area contributed by atoms with Gasteiger partial charge in [0.05, 0.1) is 5.69 Å². The van der Waals surface area contributed by atoms with Gasteiger partial charge in [0, 0.05) is 24.7 Å². The van der Waals surface area contributed by atoms with Gasteiger partial charge in [-0.3, -0.25) is 4.90 Å². The molecule has 0 N–H and O–H groups in total. The first-order valence-corrected chi connectivity index (χ1v) is 9.22. The predicted molar refractivity (Wildman–Crippen MR) is 95.9 cm³/mol. The number of likely N-dealkylation sites (tertiary alicyclic amines) is 1. The molecule has 29 heavy (non-hydrogen) atoms. The molecule has 2 aromatic heterocycles. The molecule has 0 aliphatic carbocycles. The van der Waals surface area contributed by atoms with Crippen molar-refractivity contribution in [1.29, 1.82) is 0 Å². The number of alkyl halides is 3. The second-order valence-corrected chi connectivity index (χ2v) is 7.18. The molecule has 10 heteroatoms. The number of benzene rings is 1. The zero-order valence-electron chi connectivity index (χ0n) is 15.7. The van der Waals surface area contributed by atoms with Crippen LogP contribution in [0.25, 0.3) is 5.78 Å². The van der Waals surface area contributed by atoms with Gasteiger partial charge in [0.2, 0.25) is 0 Å². The van der Waals surface area contributed by atoms with Gasteiger partial charge in [0.15, 0.2) is 11.6 Å². The summed E-state index contributed by atoms with van der Waals surface area (Å²) in [5.74, 6) is -1.09. The van der Waals surface area contributed by atoms with Crippen LogP contribution in [0.3, 0.4) is 0 Å². The van der Waals surface area contributed by atoms with Gasteiger partial charge in [-0.05, 0) is 50.1 Å². The molecular formula is C19H19F4N5O. The van der Waals surface area contributed by atoms with Crippen LogP contribution < -0.4 is 4.74 Å². The van der Waals surface area contributed by atoms with Gasteiger partial charge in [-0.15, -0.1) is 13.2 Å². The Balaban J connectivity index is 1.49. The number of aromatic nitrogens is 4. The quantitative estimate of drug-likeness (QED) is 0.613. The van der Waals surface area contributed by atoms with E-state index in [2.05, 4.69) is 24.7 Å². The van der Waals surface area contributed by atoms with Crippen LogP contribution in [0.1, 0.15) is 35.7 Å². The molecule has 0 saturated carbocycles. The molecule has 0 spiro atoms. The van der Waals surface area contributed by atoms with Crippen LogP contribution in [0.2, 0.25) is 0 Å². The van der Waals surface area contributed by atoms with Crippen LogP contribution in [0.4, 0.5) is 17.6 Å². The zero-order chi connectivity index (χ0) is 20.6. The van der Waals surface area contributed by atoms with Crippen molar-refractivity contribution in [1.82, 2.24) is 24.5 Å². The van der Waals surface area contributed by atoms with E-state index in [4.69, 9.17) is 0 Å². The lowest BCUT2D eigenvalue weighted by Crippen LogP contribution is -2.34. The summed E-state index contributed by atoms with van der Waals surface area (Å²) in [6.07, 6.45) is -1.53. The summed E-state index contributed by atoms with van der Waals surface area (Å²) < 4.78 is 56.3. The second-order valence-electron chi connectivity index (χ2n) is 7.18. The Labute approximate surface area is 164 Å². The summed E-state index contributed by atoms with van der Waals surface area (Å²) in [5.41, 5.74) is 2.48. The number of piperidine rings is 1. The Morgan fingerprint density at radius 1 is 1.24 bits per heavy atom. The summed E-state index contributed by atoms with van der Waals surface area (Å²) in [4.78, 5) is 10.7. The molecule has 1 unspecified atom stereocenters. The minimum atomic E-state index is -4.92. The Morgan fingerprint density at radius 2 is 2.07 bits per heavy atom. The smallest absolute Gasteiger partial charge is 0.403 e. The molecule has 4 rings (SSSR count). The monoisotopic (exact) mass is 409 g/mol. The highest BCUT2D eigenvalue weighted by Gasteiger charge is 2.32. The van der Waals surface area contributed by atoms with E-state index in [-0.39, 0.29) is 5.92 Å². The normalized spacial score (nSPS) is 18.3. The molecule has 1 aromatic carbocycles. The van der Waals surface area contributed by atoms with E-state index >= 15 is 0 Å². The molecule has 1 aliphatic heterocycles. The summed E-state index contributed by atoms with van der Waals surface area (Å²) in [7, 11) is 0. The third kappa shape index (κ3) is 4.47. The fraction of sp³-hybridized carbons (Fsp3) is 0.421. The van der Waals surface area contributed by atoms with Crippen molar-refractivity contribution < 1.29 is 22.3 Å². The lowest BCUT2D eigenvalue weighted by atomic mass is 9.93. The van der Waals surface area contributed by atoms with Crippen LogP contribution in [-0.4, -0.2) is 43.9 Å². The first kappa shape index (κ1) is 19.6. The molecule has 3 heterocycles. The summed E-state index contributed by atoms with van der Waals surface area (Å²) in [6, 6.07) is 5.57. The number of aryl methyl sites for hydroxylation is 1. The lowest BCUT2D eigenvalue weighted by molar-refractivity contribution is -0.275. The average molecular weight is 409 g/mol. The molecular weight excluding hydrogens is 390 g/mol. The number of hydrogen-bond acceptors (Lipinski definition) is 5. The maximum Gasteiger partial charge on any atom is 0.573 e. The van der Waals surface area contributed by atoms with E-state index in [1.807, 2.05) is 13.0 Å². The van der Waals surface area contributed by atoms with Crippen LogP contribution >= 0.6 is 0 Å². The van der Waals surface area contributed by atoms with Gasteiger partial charge in [-0.25, -0.2) is 13.9 Å². The van der Waals surface area contributed by atoms with Gasteiger partial charge >= 0.3 is 6.36 Å². The molecule has 154 valence electrons. The fourth-order valence-electron chi connectivity index (χ4n) is 3.80. The van der Waals surface area contributed by atoms with E-state index in [1.54, 1.807) is 4.52 Å². The van der Waals surface area contributed by atoms with Crippen molar-refractivity contribution in [2.45, 2.75) is 38.6 Å². The van der Waals surface area contributed by atoms with Gasteiger partial charge < -0.3 is 4.74 Å². The molecule has 3 aromatic rings. The summed E-state index contributed by atoms with van der Waals surface area (Å²) in [6.45, 7) is 3.89. The van der Waals surface area contributed by atoms with Gasteiger partial charge in [-0.2, -0.15) is 10.1 Å². The van der Waals surface area contributed by atoms with Crippen LogP contribution in [-0.2, 0) is 6.54 Å². The highest BCUT2D eigenvalue weighted by atomic mass is 19.4. The van der Waals surface area contributed by atoms with Crippen molar-refractivity contribution in [2.24, 2.45) is 0 Å². The van der Waals surface area contributed by atoms with Gasteiger partial charge in [0.1, 0.15) is 6.33 Å². The molecule has 6 nitrogen and oxygen atoms in total. The van der Waals surface area contributed by atoms with Gasteiger partial charge in [0.25, 0.3) is 5.78 Å². The Bertz CT molecular complexity index is 1020. The van der Waals surface area contributed by atoms with Crippen molar-refractivity contribution >= 4 is 5.78 Å². The van der Waals surface area contributed by atoms with E-state index in [0.717, 1.165) is 49.5 Å². The fourth-order valence-corrected chi connectivity index (χ4v) is 3.80. The highest BCUT2D eigenvalue weighted by Crippen LogP contribution is 2.30. The average Bonchev–Trinajstić information content (AvgIpc) is 3.11. The van der Waals surface area contributed by atoms with E-state index in [0.29, 0.717) is 17.9 Å². The maximum absolute atomic E-state index is 14.0. The molecule has 1 fully saturated rings. The minimum absolute atomic E-state index is 0.201. The van der Waals surface area contributed by atoms with E-state index in [1.165, 1.54) is 12.4 Å². The molecule has 0 amide bonds. The third-order valence-corrected chi connectivity index (χ3v) is 4.96. The SMILES string of the molecule is Cc1cc(C2CCCN(Cc3ccc(OC(F)(F)F)c(F)c3)C2)n2ncnc2n1. The molecule has 1 aliphatic rings. The second kappa shape index (κ2) is 7.58. The first-order chi connectivity index (χ1) is 13.8. The van der Waals surface area contributed by atoms with Crippen LogP contribution in [0.15, 0.2) is 30.6 Å². The largest absolute Gasteiger partial charge is 0.573 e. The third-order valence-electron chi connectivity index (χ3n) is 4.96. The molecule has 1 saturated heterocycles. The lowest BCUT2D eigenvalue weighted by Gasteiger charge is -2.33. The topological polar surface area (TPSA) is 55.6 Å². The zero-order valence-corrected chi connectivity index (χ0v) is 15.7. The van der Waals surface area contributed by atoms with Gasteiger partial charge in [-0.1, -0.05) is 6.07 Å². The van der Waals surface area contributed by atoms with Crippen LogP contribution in [0.5, 0.6) is 5.75 Å². The summed E-state index contributed by atoms with van der Waals surface area (Å²) >= 11 is 0. The molecule has 0 bridgehead atoms. The first-order valence-electron chi connectivity index (χ1n) is 9.22. The number of halogens is 4. The number of ether oxygens (including phenoxy) is 1. The van der Waals surface area contributed by atoms with Crippen molar-refractivity contribution in [3.05, 3.63) is 53.4 Å². The highest BCUT2D eigenvalue weighted by molar-refractivity contribution is 5.32. The van der Waals surface area contributed by atoms with Crippen molar-refractivity contribution in [3.63, 3.8) is 0 Å². The Kier molecular flexibility index (Phi) is 5.12.